The Bertz CT molecular complexity index is 998. The fourth-order valence-corrected chi connectivity index (χ4v) is 2.95. The van der Waals surface area contributed by atoms with E-state index in [-0.39, 0.29) is 6.10 Å². The van der Waals surface area contributed by atoms with E-state index in [4.69, 9.17) is 26.0 Å². The topological polar surface area (TPSA) is 108 Å². The van der Waals surface area contributed by atoms with E-state index in [1.807, 2.05) is 36.4 Å². The number of benzene rings is 3. The molecule has 5 N–H and O–H groups in total. The predicted molar refractivity (Wildman–Crippen MR) is 118 cm³/mol. The van der Waals surface area contributed by atoms with Crippen LogP contribution in [0.4, 0.5) is 11.4 Å². The third-order valence-corrected chi connectivity index (χ3v) is 4.44. The molecule has 0 aliphatic heterocycles. The van der Waals surface area contributed by atoms with Crippen LogP contribution in [0.1, 0.15) is 23.7 Å². The Balaban J connectivity index is 1.81. The molecule has 0 aromatic heterocycles. The Hall–Kier alpha value is -3.93. The molecule has 0 saturated carbocycles. The summed E-state index contributed by atoms with van der Waals surface area (Å²) in [5.41, 5.74) is 14.4. The molecule has 0 amide bonds. The van der Waals surface area contributed by atoms with Gasteiger partial charge >= 0.3 is 5.97 Å². The van der Waals surface area contributed by atoms with E-state index in [2.05, 4.69) is 0 Å². The van der Waals surface area contributed by atoms with E-state index >= 15 is 0 Å². The molecule has 3 rings (SSSR count). The van der Waals surface area contributed by atoms with Gasteiger partial charge in [0.05, 0.1) is 6.61 Å². The number of nitrogen functional groups attached to an aromatic ring is 2. The van der Waals surface area contributed by atoms with Crippen molar-refractivity contribution in [2.45, 2.75) is 12.5 Å². The van der Waals surface area contributed by atoms with Gasteiger partial charge in [0.15, 0.2) is 0 Å². The van der Waals surface area contributed by atoms with Crippen molar-refractivity contribution in [2.75, 3.05) is 18.1 Å². The van der Waals surface area contributed by atoms with Crippen molar-refractivity contribution in [3.05, 3.63) is 90.0 Å². The van der Waals surface area contributed by atoms with Crippen LogP contribution in [0.15, 0.2) is 78.9 Å². The Morgan fingerprint density at radius 2 is 1.50 bits per heavy atom. The van der Waals surface area contributed by atoms with Crippen LogP contribution < -0.4 is 20.9 Å². The molecule has 0 saturated heterocycles. The molecule has 0 heterocycles. The van der Waals surface area contributed by atoms with Gasteiger partial charge in [-0.2, -0.15) is 0 Å². The van der Waals surface area contributed by atoms with Gasteiger partial charge in [0.1, 0.15) is 17.6 Å². The Morgan fingerprint density at radius 1 is 0.900 bits per heavy atom. The number of carboxylic acids is 1. The second-order valence-corrected chi connectivity index (χ2v) is 6.68. The Kier molecular flexibility index (Phi) is 6.95. The second-order valence-electron chi connectivity index (χ2n) is 6.68. The highest BCUT2D eigenvalue weighted by atomic mass is 16.5. The smallest absolute Gasteiger partial charge is 0.328 e. The third-order valence-electron chi connectivity index (χ3n) is 4.44. The average molecular weight is 404 g/mol. The quantitative estimate of drug-likeness (QED) is 0.357. The predicted octanol–water partition coefficient (Wildman–Crippen LogP) is 4.54. The molecule has 0 radical (unpaired) electrons. The maximum absolute atomic E-state index is 11.0. The summed E-state index contributed by atoms with van der Waals surface area (Å²) in [6.45, 7) is 0.403. The standard InChI is InChI=1S/C24H24N2O4/c25-18-6-10-20(11-7-18)29-16-15-23(30-21-12-8-19(26)9-13-21)22-4-2-1-3-17(22)5-14-24(27)28/h1-14,23H,15-16,25-26H2,(H,27,28). The van der Waals surface area contributed by atoms with Crippen molar-refractivity contribution in [2.24, 2.45) is 0 Å². The van der Waals surface area contributed by atoms with Crippen LogP contribution in [0.5, 0.6) is 11.5 Å². The number of ether oxygens (including phenoxy) is 2. The molecule has 0 aliphatic carbocycles. The Labute approximate surface area is 175 Å². The van der Waals surface area contributed by atoms with E-state index in [9.17, 15) is 4.79 Å². The minimum absolute atomic E-state index is 0.350. The molecule has 154 valence electrons. The van der Waals surface area contributed by atoms with Crippen molar-refractivity contribution < 1.29 is 19.4 Å². The highest BCUT2D eigenvalue weighted by Crippen LogP contribution is 2.29. The Morgan fingerprint density at radius 3 is 2.13 bits per heavy atom. The zero-order valence-corrected chi connectivity index (χ0v) is 16.4. The molecule has 30 heavy (non-hydrogen) atoms. The van der Waals surface area contributed by atoms with Crippen molar-refractivity contribution >= 4 is 23.4 Å². The molecule has 6 nitrogen and oxygen atoms in total. The monoisotopic (exact) mass is 404 g/mol. The second kappa shape index (κ2) is 10.0. The van der Waals surface area contributed by atoms with Gasteiger partial charge in [0.25, 0.3) is 0 Å². The summed E-state index contributed by atoms with van der Waals surface area (Å²) in [5, 5.41) is 8.99. The number of hydrogen-bond donors (Lipinski definition) is 3. The zero-order chi connectivity index (χ0) is 21.3. The van der Waals surface area contributed by atoms with Gasteiger partial charge in [-0.15, -0.1) is 0 Å². The van der Waals surface area contributed by atoms with Gasteiger partial charge in [-0.25, -0.2) is 4.79 Å². The first-order chi connectivity index (χ1) is 14.5. The van der Waals surface area contributed by atoms with Crippen molar-refractivity contribution in [3.63, 3.8) is 0 Å². The fourth-order valence-electron chi connectivity index (χ4n) is 2.95. The highest BCUT2D eigenvalue weighted by molar-refractivity contribution is 5.85. The molecule has 3 aromatic rings. The SMILES string of the molecule is Nc1ccc(OCCC(Oc2ccc(N)cc2)c2ccccc2C=CC(=O)O)cc1. The molecule has 3 aromatic carbocycles. The van der Waals surface area contributed by atoms with Gasteiger partial charge in [-0.1, -0.05) is 24.3 Å². The van der Waals surface area contributed by atoms with Gasteiger partial charge in [0, 0.05) is 23.9 Å². The average Bonchev–Trinajstić information content (AvgIpc) is 2.74. The lowest BCUT2D eigenvalue weighted by atomic mass is 9.99. The van der Waals surface area contributed by atoms with E-state index < -0.39 is 5.97 Å². The van der Waals surface area contributed by atoms with Gasteiger partial charge in [-0.05, 0) is 65.7 Å². The van der Waals surface area contributed by atoms with Crippen LogP contribution in [0.25, 0.3) is 6.08 Å². The summed E-state index contributed by atoms with van der Waals surface area (Å²) in [6, 6.07) is 21.9. The summed E-state index contributed by atoms with van der Waals surface area (Å²) < 4.78 is 12.1. The number of anilines is 2. The first-order valence-corrected chi connectivity index (χ1v) is 9.52. The van der Waals surface area contributed by atoms with E-state index in [1.54, 1.807) is 42.5 Å². The molecule has 0 spiro atoms. The summed E-state index contributed by atoms with van der Waals surface area (Å²) in [7, 11) is 0. The van der Waals surface area contributed by atoms with Crippen molar-refractivity contribution in [1.29, 1.82) is 0 Å². The molecule has 0 fully saturated rings. The lowest BCUT2D eigenvalue weighted by Crippen LogP contribution is -2.13. The van der Waals surface area contributed by atoms with Crippen LogP contribution in [-0.2, 0) is 4.79 Å². The van der Waals surface area contributed by atoms with Crippen LogP contribution in [0.3, 0.4) is 0 Å². The first-order valence-electron chi connectivity index (χ1n) is 9.52. The van der Waals surface area contributed by atoms with Crippen LogP contribution in [0.2, 0.25) is 0 Å². The lowest BCUT2D eigenvalue weighted by molar-refractivity contribution is -0.131. The molecule has 6 heteroatoms. The molecule has 1 unspecified atom stereocenters. The third kappa shape index (κ3) is 6.04. The molecule has 0 aliphatic rings. The number of carboxylic acid groups (broad SMARTS) is 1. The number of carbonyl (C=O) groups is 1. The summed E-state index contributed by atoms with van der Waals surface area (Å²) in [5.74, 6) is 0.376. The van der Waals surface area contributed by atoms with Crippen molar-refractivity contribution in [1.82, 2.24) is 0 Å². The maximum Gasteiger partial charge on any atom is 0.328 e. The van der Waals surface area contributed by atoms with E-state index in [0.29, 0.717) is 30.2 Å². The minimum atomic E-state index is -1.01. The van der Waals surface area contributed by atoms with Crippen LogP contribution in [-0.4, -0.2) is 17.7 Å². The zero-order valence-electron chi connectivity index (χ0n) is 16.4. The highest BCUT2D eigenvalue weighted by Gasteiger charge is 2.17. The van der Waals surface area contributed by atoms with Gasteiger partial charge in [0.2, 0.25) is 0 Å². The molecule has 0 bridgehead atoms. The number of nitrogens with two attached hydrogens (primary N) is 2. The largest absolute Gasteiger partial charge is 0.493 e. The fraction of sp³-hybridized carbons (Fsp3) is 0.125. The van der Waals surface area contributed by atoms with Gasteiger partial charge < -0.3 is 26.0 Å². The van der Waals surface area contributed by atoms with Crippen molar-refractivity contribution in [3.8, 4) is 11.5 Å². The summed E-state index contributed by atoms with van der Waals surface area (Å²) in [4.78, 5) is 11.0. The van der Waals surface area contributed by atoms with Gasteiger partial charge in [-0.3, -0.25) is 0 Å². The number of hydrogen-bond acceptors (Lipinski definition) is 5. The summed E-state index contributed by atoms with van der Waals surface area (Å²) >= 11 is 0. The number of aliphatic carboxylic acids is 1. The van der Waals surface area contributed by atoms with E-state index in [1.165, 1.54) is 0 Å². The van der Waals surface area contributed by atoms with Crippen LogP contribution >= 0.6 is 0 Å². The molecular weight excluding hydrogens is 380 g/mol. The maximum atomic E-state index is 11.0. The minimum Gasteiger partial charge on any atom is -0.493 e. The summed E-state index contributed by atoms with van der Waals surface area (Å²) in [6.07, 6.45) is 2.88. The lowest BCUT2D eigenvalue weighted by Gasteiger charge is -2.22. The van der Waals surface area contributed by atoms with Crippen LogP contribution in [0, 0.1) is 0 Å². The molecule has 1 atom stereocenters. The number of rotatable bonds is 9. The molecular formula is C24H24N2O4. The normalized spacial score (nSPS) is 11.9. The first kappa shape index (κ1) is 20.8. The van der Waals surface area contributed by atoms with E-state index in [0.717, 1.165) is 23.0 Å².